The lowest BCUT2D eigenvalue weighted by Gasteiger charge is -2.32. The van der Waals surface area contributed by atoms with Crippen LogP contribution in [-0.4, -0.2) is 54.0 Å². The number of amides is 2. The van der Waals surface area contributed by atoms with Crippen LogP contribution in [0.15, 0.2) is 29.4 Å². The maximum Gasteiger partial charge on any atom is 0.335 e. The number of carboxylic acids is 1. The largest absolute Gasteiger partial charge is 0.486 e. The van der Waals surface area contributed by atoms with Crippen molar-refractivity contribution in [3.63, 3.8) is 0 Å². The summed E-state index contributed by atoms with van der Waals surface area (Å²) in [6.45, 7) is 0.792. The molecule has 0 bridgehead atoms. The molecule has 0 saturated carbocycles. The molecule has 9 nitrogen and oxygen atoms in total. The van der Waals surface area contributed by atoms with Gasteiger partial charge in [0.25, 0.3) is 5.91 Å². The minimum atomic E-state index is -1.01. The lowest BCUT2D eigenvalue weighted by atomic mass is 10.0. The van der Waals surface area contributed by atoms with Crippen molar-refractivity contribution in [2.45, 2.75) is 31.4 Å². The molecule has 0 unspecified atom stereocenters. The van der Waals surface area contributed by atoms with Crippen molar-refractivity contribution in [1.82, 2.24) is 10.7 Å². The summed E-state index contributed by atoms with van der Waals surface area (Å²) in [7, 11) is 0. The van der Waals surface area contributed by atoms with Crippen LogP contribution in [0.2, 0.25) is 0 Å². The summed E-state index contributed by atoms with van der Waals surface area (Å²) in [6.07, 6.45) is 0.685. The second-order valence-electron chi connectivity index (χ2n) is 6.02. The second-order valence-corrected chi connectivity index (χ2v) is 6.02. The molecule has 0 aromatic heterocycles. The van der Waals surface area contributed by atoms with E-state index in [1.807, 2.05) is 0 Å². The van der Waals surface area contributed by atoms with Crippen LogP contribution < -0.4 is 15.5 Å². The van der Waals surface area contributed by atoms with E-state index in [2.05, 4.69) is 15.8 Å². The first-order valence-corrected chi connectivity index (χ1v) is 8.27. The van der Waals surface area contributed by atoms with Gasteiger partial charge in [-0.3, -0.25) is 9.59 Å². The Morgan fingerprint density at radius 3 is 2.69 bits per heavy atom. The maximum absolute atomic E-state index is 12.3. The highest BCUT2D eigenvalue weighted by Crippen LogP contribution is 2.19. The molecule has 3 N–H and O–H groups in total. The van der Waals surface area contributed by atoms with Crippen LogP contribution in [0.5, 0.6) is 5.75 Å². The smallest absolute Gasteiger partial charge is 0.335 e. The van der Waals surface area contributed by atoms with Crippen molar-refractivity contribution in [1.29, 1.82) is 0 Å². The van der Waals surface area contributed by atoms with E-state index in [9.17, 15) is 14.4 Å². The van der Waals surface area contributed by atoms with E-state index in [0.29, 0.717) is 31.8 Å². The van der Waals surface area contributed by atoms with Gasteiger partial charge >= 0.3 is 5.97 Å². The zero-order valence-electron chi connectivity index (χ0n) is 13.9. The predicted molar refractivity (Wildman–Crippen MR) is 90.0 cm³/mol. The zero-order chi connectivity index (χ0) is 18.5. The fraction of sp³-hybridized carbons (Fsp3) is 0.412. The Morgan fingerprint density at radius 2 is 2.04 bits per heavy atom. The molecule has 1 aromatic rings. The number of hydrogen-bond donors (Lipinski definition) is 3. The molecule has 2 aliphatic heterocycles. The molecule has 1 fully saturated rings. The van der Waals surface area contributed by atoms with E-state index in [1.54, 1.807) is 12.1 Å². The lowest BCUT2D eigenvalue weighted by Crippen LogP contribution is -2.53. The number of nitrogens with zero attached hydrogens (tertiary/aromatic N) is 1. The third kappa shape index (κ3) is 4.37. The van der Waals surface area contributed by atoms with Crippen LogP contribution in [0.4, 0.5) is 0 Å². The molecule has 26 heavy (non-hydrogen) atoms. The Labute approximate surface area is 149 Å². The van der Waals surface area contributed by atoms with Crippen LogP contribution in [0.1, 0.15) is 29.6 Å². The molecular weight excluding hydrogens is 342 g/mol. The number of carbonyl (C=O) groups is 3. The van der Waals surface area contributed by atoms with Gasteiger partial charge in [-0.15, -0.1) is 0 Å². The molecule has 2 amide bonds. The first kappa shape index (κ1) is 17.9. The van der Waals surface area contributed by atoms with Gasteiger partial charge in [-0.2, -0.15) is 5.10 Å². The normalized spacial score (nSPS) is 22.8. The van der Waals surface area contributed by atoms with Gasteiger partial charge in [-0.1, -0.05) is 0 Å². The number of carboxylic acid groups (broad SMARTS) is 1. The van der Waals surface area contributed by atoms with Crippen LogP contribution in [0.25, 0.3) is 0 Å². The summed E-state index contributed by atoms with van der Waals surface area (Å²) in [5.74, 6) is -1.07. The van der Waals surface area contributed by atoms with Crippen molar-refractivity contribution in [2.75, 3.05) is 13.2 Å². The van der Waals surface area contributed by atoms with Crippen molar-refractivity contribution < 1.29 is 29.0 Å². The van der Waals surface area contributed by atoms with E-state index in [-0.39, 0.29) is 35.6 Å². The van der Waals surface area contributed by atoms with E-state index in [1.165, 1.54) is 12.1 Å². The number of ether oxygens (including phenoxy) is 2. The van der Waals surface area contributed by atoms with Crippen LogP contribution >= 0.6 is 0 Å². The highest BCUT2D eigenvalue weighted by Gasteiger charge is 2.30. The number of rotatable bonds is 5. The Morgan fingerprint density at radius 1 is 1.27 bits per heavy atom. The highest BCUT2D eigenvalue weighted by atomic mass is 16.5. The molecule has 0 spiro atoms. The Kier molecular flexibility index (Phi) is 5.47. The van der Waals surface area contributed by atoms with Gasteiger partial charge in [0.15, 0.2) is 0 Å². The van der Waals surface area contributed by atoms with Crippen LogP contribution in [-0.2, 0) is 14.3 Å². The molecular formula is C17H19N3O6. The van der Waals surface area contributed by atoms with Gasteiger partial charge in [-0.25, -0.2) is 10.2 Å². The Balaban J connectivity index is 1.63. The predicted octanol–water partition coefficient (Wildman–Crippen LogP) is 0.303. The van der Waals surface area contributed by atoms with Gasteiger partial charge < -0.3 is 19.9 Å². The molecule has 2 aliphatic rings. The third-order valence-electron chi connectivity index (χ3n) is 4.18. The molecule has 0 aliphatic carbocycles. The summed E-state index contributed by atoms with van der Waals surface area (Å²) in [5.41, 5.74) is 2.74. The Bertz CT molecular complexity index is 731. The number of nitrogens with one attached hydrogen (secondary N) is 2. The maximum atomic E-state index is 12.3. The van der Waals surface area contributed by atoms with Crippen LogP contribution in [0, 0.1) is 0 Å². The Hall–Kier alpha value is -2.94. The number of carbonyl (C=O) groups excluding carboxylic acids is 2. The minimum Gasteiger partial charge on any atom is -0.486 e. The quantitative estimate of drug-likeness (QED) is 0.693. The molecule has 1 saturated heterocycles. The van der Waals surface area contributed by atoms with Gasteiger partial charge in [-0.05, 0) is 30.7 Å². The van der Waals surface area contributed by atoms with Gasteiger partial charge in [0.05, 0.1) is 18.2 Å². The summed E-state index contributed by atoms with van der Waals surface area (Å²) in [5, 5.41) is 15.6. The fourth-order valence-electron chi connectivity index (χ4n) is 2.73. The van der Waals surface area contributed by atoms with E-state index in [0.717, 1.165) is 0 Å². The lowest BCUT2D eigenvalue weighted by molar-refractivity contribution is -0.121. The topological polar surface area (TPSA) is 126 Å². The molecule has 0 radical (unpaired) electrons. The van der Waals surface area contributed by atoms with Crippen molar-refractivity contribution >= 4 is 23.5 Å². The van der Waals surface area contributed by atoms with E-state index in [4.69, 9.17) is 14.6 Å². The van der Waals surface area contributed by atoms with Crippen molar-refractivity contribution in [3.8, 4) is 5.75 Å². The van der Waals surface area contributed by atoms with E-state index < -0.39 is 12.1 Å². The number of aromatic carboxylic acids is 1. The minimum absolute atomic E-state index is 0.166. The number of hydrazone groups is 1. The summed E-state index contributed by atoms with van der Waals surface area (Å²) in [6, 6.07) is 5.76. The third-order valence-corrected chi connectivity index (χ3v) is 4.18. The SMILES string of the molecule is O=C1CCC(C(=O)N[C@@H]2CCOC[C@H]2Oc2ccc(C(=O)O)cc2)=NN1. The second kappa shape index (κ2) is 7.96. The average Bonchev–Trinajstić information content (AvgIpc) is 2.64. The molecule has 2 atom stereocenters. The highest BCUT2D eigenvalue weighted by molar-refractivity contribution is 6.39. The van der Waals surface area contributed by atoms with Gasteiger partial charge in [0.2, 0.25) is 5.91 Å². The monoisotopic (exact) mass is 361 g/mol. The first-order valence-electron chi connectivity index (χ1n) is 8.27. The molecule has 1 aromatic carbocycles. The molecule has 3 rings (SSSR count). The summed E-state index contributed by atoms with van der Waals surface area (Å²) in [4.78, 5) is 34.4. The molecule has 138 valence electrons. The van der Waals surface area contributed by atoms with Crippen LogP contribution in [0.3, 0.4) is 0 Å². The van der Waals surface area contributed by atoms with E-state index >= 15 is 0 Å². The van der Waals surface area contributed by atoms with Gasteiger partial charge in [0, 0.05) is 19.4 Å². The summed E-state index contributed by atoms with van der Waals surface area (Å²) < 4.78 is 11.3. The zero-order valence-corrected chi connectivity index (χ0v) is 13.9. The van der Waals surface area contributed by atoms with Gasteiger partial charge in [0.1, 0.15) is 17.6 Å². The van der Waals surface area contributed by atoms with Crippen molar-refractivity contribution in [3.05, 3.63) is 29.8 Å². The first-order chi connectivity index (χ1) is 12.5. The number of hydrogen-bond acceptors (Lipinski definition) is 6. The average molecular weight is 361 g/mol. The summed E-state index contributed by atoms with van der Waals surface area (Å²) >= 11 is 0. The fourth-order valence-corrected chi connectivity index (χ4v) is 2.73. The number of benzene rings is 1. The molecule has 9 heteroatoms. The standard InChI is InChI=1S/C17H19N3O6/c21-15-6-5-13(19-20-15)16(22)18-12-7-8-25-9-14(12)26-11-3-1-10(2-4-11)17(23)24/h1-4,12,14H,5-9H2,(H,18,22)(H,20,21)(H,23,24)/t12-,14-/m1/s1. The van der Waals surface area contributed by atoms with Crippen molar-refractivity contribution in [2.24, 2.45) is 5.10 Å². The molecule has 2 heterocycles.